The van der Waals surface area contributed by atoms with Crippen molar-refractivity contribution in [2.24, 2.45) is 0 Å². The number of fused-ring (bicyclic) bond motifs is 1. The van der Waals surface area contributed by atoms with Crippen LogP contribution in [-0.2, 0) is 19.5 Å². The Bertz CT molecular complexity index is 796. The number of nitrogens with zero attached hydrogens (tertiary/aromatic N) is 3. The van der Waals surface area contributed by atoms with E-state index >= 15 is 0 Å². The Kier molecular flexibility index (Phi) is 4.38. The first-order valence-corrected chi connectivity index (χ1v) is 8.97. The van der Waals surface area contributed by atoms with E-state index in [-0.39, 0.29) is 13.0 Å². The van der Waals surface area contributed by atoms with E-state index in [1.807, 2.05) is 30.3 Å². The number of alkyl halides is 2. The van der Waals surface area contributed by atoms with E-state index < -0.39 is 5.92 Å². The maximum atomic E-state index is 13.5. The molecule has 0 saturated carbocycles. The van der Waals surface area contributed by atoms with Gasteiger partial charge < -0.3 is 4.57 Å². The van der Waals surface area contributed by atoms with Crippen molar-refractivity contribution in [3.8, 4) is 0 Å². The van der Waals surface area contributed by atoms with Crippen molar-refractivity contribution < 1.29 is 8.78 Å². The van der Waals surface area contributed by atoms with Gasteiger partial charge in [0.25, 0.3) is 5.92 Å². The van der Waals surface area contributed by atoms with Crippen LogP contribution in [0.25, 0.3) is 6.08 Å². The molecule has 0 radical (unpaired) electrons. The van der Waals surface area contributed by atoms with Crippen molar-refractivity contribution in [3.05, 3.63) is 58.1 Å². The first kappa shape index (κ1) is 16.7. The zero-order valence-corrected chi connectivity index (χ0v) is 14.6. The zero-order chi connectivity index (χ0) is 17.4. The number of aromatic nitrogens is 2. The number of imidazole rings is 1. The highest BCUT2D eigenvalue weighted by molar-refractivity contribution is 6.30. The summed E-state index contributed by atoms with van der Waals surface area (Å²) in [5.41, 5.74) is 3.30. The maximum absolute atomic E-state index is 13.5. The molecule has 1 saturated heterocycles. The van der Waals surface area contributed by atoms with Gasteiger partial charge in [0, 0.05) is 30.2 Å². The van der Waals surface area contributed by atoms with Crippen LogP contribution in [0.15, 0.2) is 30.3 Å². The molecular weight excluding hydrogens is 344 g/mol. The Balaban J connectivity index is 1.63. The second-order valence-corrected chi connectivity index (χ2v) is 7.27. The zero-order valence-electron chi connectivity index (χ0n) is 13.9. The van der Waals surface area contributed by atoms with E-state index in [0.717, 1.165) is 29.9 Å². The van der Waals surface area contributed by atoms with Crippen LogP contribution in [0.1, 0.15) is 35.6 Å². The van der Waals surface area contributed by atoms with Crippen LogP contribution in [0.2, 0.25) is 5.02 Å². The molecule has 1 aliphatic heterocycles. The van der Waals surface area contributed by atoms with Crippen LogP contribution in [0.5, 0.6) is 0 Å². The maximum Gasteiger partial charge on any atom is 0.261 e. The molecule has 2 aliphatic rings. The smallest absolute Gasteiger partial charge is 0.261 e. The molecule has 0 amide bonds. The summed E-state index contributed by atoms with van der Waals surface area (Å²) in [6.45, 7) is 1.39. The number of allylic oxidation sites excluding steroid dienone is 1. The minimum absolute atomic E-state index is 0.0650. The van der Waals surface area contributed by atoms with Crippen molar-refractivity contribution in [3.63, 3.8) is 0 Å². The van der Waals surface area contributed by atoms with E-state index in [9.17, 15) is 8.78 Å². The van der Waals surface area contributed by atoms with Gasteiger partial charge in [-0.3, -0.25) is 4.90 Å². The number of hydrogen-bond acceptors (Lipinski definition) is 2. The largest absolute Gasteiger partial charge is 0.326 e. The highest BCUT2D eigenvalue weighted by atomic mass is 35.5. The third-order valence-electron chi connectivity index (χ3n) is 4.87. The molecule has 1 aliphatic carbocycles. The van der Waals surface area contributed by atoms with Gasteiger partial charge in [0.05, 0.1) is 18.8 Å². The standard InChI is InChI=1S/C19H20ClF2N3/c20-15-7-5-14(6-8-15)11-25-17-4-2-1-3-16(17)23-18(25)12-24-10-9-19(21,22)13-24/h1,3,5-8H,2,4,9-13H2. The second kappa shape index (κ2) is 6.54. The van der Waals surface area contributed by atoms with Gasteiger partial charge in [-0.25, -0.2) is 13.8 Å². The molecule has 132 valence electrons. The summed E-state index contributed by atoms with van der Waals surface area (Å²) in [6.07, 6.45) is 6.02. The van der Waals surface area contributed by atoms with Gasteiger partial charge in [0.1, 0.15) is 5.82 Å². The lowest BCUT2D eigenvalue weighted by Gasteiger charge is -2.18. The Morgan fingerprint density at radius 2 is 1.96 bits per heavy atom. The van der Waals surface area contributed by atoms with E-state index in [4.69, 9.17) is 16.6 Å². The highest BCUT2D eigenvalue weighted by Gasteiger charge is 2.38. The number of benzene rings is 1. The molecule has 1 fully saturated rings. The normalized spacial score (nSPS) is 19.3. The SMILES string of the molecule is FC1(F)CCN(Cc2nc3c(n2Cc2ccc(Cl)cc2)CCC=C3)C1. The van der Waals surface area contributed by atoms with Gasteiger partial charge in [0.15, 0.2) is 0 Å². The van der Waals surface area contributed by atoms with Crippen molar-refractivity contribution in [2.45, 2.75) is 38.3 Å². The van der Waals surface area contributed by atoms with E-state index in [0.29, 0.717) is 24.7 Å². The molecule has 0 atom stereocenters. The quantitative estimate of drug-likeness (QED) is 0.803. The van der Waals surface area contributed by atoms with Crippen LogP contribution in [0, 0.1) is 0 Å². The summed E-state index contributed by atoms with van der Waals surface area (Å²) < 4.78 is 29.2. The Hall–Kier alpha value is -1.72. The molecule has 1 aromatic heterocycles. The van der Waals surface area contributed by atoms with Crippen LogP contribution in [0.3, 0.4) is 0 Å². The Labute approximate surface area is 150 Å². The van der Waals surface area contributed by atoms with Crippen LogP contribution < -0.4 is 0 Å². The molecule has 0 unspecified atom stereocenters. The van der Waals surface area contributed by atoms with Crippen LogP contribution in [-0.4, -0.2) is 33.5 Å². The summed E-state index contributed by atoms with van der Waals surface area (Å²) in [7, 11) is 0. The van der Waals surface area contributed by atoms with Crippen LogP contribution in [0.4, 0.5) is 8.78 Å². The topological polar surface area (TPSA) is 21.1 Å². The average Bonchev–Trinajstić information content (AvgIpc) is 3.10. The first-order valence-electron chi connectivity index (χ1n) is 8.60. The molecule has 6 heteroatoms. The van der Waals surface area contributed by atoms with Gasteiger partial charge in [-0.2, -0.15) is 0 Å². The monoisotopic (exact) mass is 363 g/mol. The molecular formula is C19H20ClF2N3. The molecule has 25 heavy (non-hydrogen) atoms. The molecule has 0 N–H and O–H groups in total. The molecule has 0 spiro atoms. The fraction of sp³-hybridized carbons (Fsp3) is 0.421. The van der Waals surface area contributed by atoms with E-state index in [1.165, 1.54) is 5.69 Å². The fourth-order valence-corrected chi connectivity index (χ4v) is 3.72. The lowest BCUT2D eigenvalue weighted by atomic mass is 10.1. The third-order valence-corrected chi connectivity index (χ3v) is 5.13. The third kappa shape index (κ3) is 3.62. The minimum Gasteiger partial charge on any atom is -0.326 e. The average molecular weight is 364 g/mol. The predicted molar refractivity (Wildman–Crippen MR) is 95.0 cm³/mol. The van der Waals surface area contributed by atoms with Gasteiger partial charge >= 0.3 is 0 Å². The van der Waals surface area contributed by atoms with Gasteiger partial charge in [0.2, 0.25) is 0 Å². The summed E-state index contributed by atoms with van der Waals surface area (Å²) in [5.74, 6) is -1.71. The van der Waals surface area contributed by atoms with Crippen molar-refractivity contribution in [1.29, 1.82) is 0 Å². The number of hydrogen-bond donors (Lipinski definition) is 0. The van der Waals surface area contributed by atoms with Gasteiger partial charge in [-0.1, -0.05) is 29.8 Å². The van der Waals surface area contributed by atoms with Gasteiger partial charge in [-0.05, 0) is 36.6 Å². The second-order valence-electron chi connectivity index (χ2n) is 6.83. The number of halogens is 3. The molecule has 1 aromatic carbocycles. The van der Waals surface area contributed by atoms with Crippen molar-refractivity contribution in [2.75, 3.05) is 13.1 Å². The van der Waals surface area contributed by atoms with E-state index in [2.05, 4.69) is 10.6 Å². The van der Waals surface area contributed by atoms with Crippen molar-refractivity contribution >= 4 is 17.7 Å². The van der Waals surface area contributed by atoms with Crippen molar-refractivity contribution in [1.82, 2.24) is 14.5 Å². The summed E-state index contributed by atoms with van der Waals surface area (Å²) in [6, 6.07) is 7.75. The molecule has 4 rings (SSSR count). The lowest BCUT2D eigenvalue weighted by Crippen LogP contribution is -2.26. The molecule has 2 aromatic rings. The van der Waals surface area contributed by atoms with E-state index in [1.54, 1.807) is 4.90 Å². The number of likely N-dealkylation sites (tertiary alicyclic amines) is 1. The summed E-state index contributed by atoms with van der Waals surface area (Å²) in [5, 5.41) is 0.707. The Morgan fingerprint density at radius 1 is 1.16 bits per heavy atom. The van der Waals surface area contributed by atoms with Gasteiger partial charge in [-0.15, -0.1) is 0 Å². The highest BCUT2D eigenvalue weighted by Crippen LogP contribution is 2.29. The Morgan fingerprint density at radius 3 is 2.68 bits per heavy atom. The fourth-order valence-electron chi connectivity index (χ4n) is 3.59. The summed E-state index contributed by atoms with van der Waals surface area (Å²) in [4.78, 5) is 6.54. The first-order chi connectivity index (χ1) is 12.0. The molecule has 0 bridgehead atoms. The summed E-state index contributed by atoms with van der Waals surface area (Å²) >= 11 is 5.97. The minimum atomic E-state index is -2.58. The molecule has 2 heterocycles. The van der Waals surface area contributed by atoms with Crippen LogP contribution >= 0.6 is 11.6 Å². The number of rotatable bonds is 4. The lowest BCUT2D eigenvalue weighted by molar-refractivity contribution is 0.0112. The molecule has 3 nitrogen and oxygen atoms in total. The predicted octanol–water partition coefficient (Wildman–Crippen LogP) is 4.39.